The molecule has 2 rings (SSSR count). The number of likely N-dealkylation sites (tertiary alicyclic amines) is 1. The Morgan fingerprint density at radius 3 is 2.68 bits per heavy atom. The van der Waals surface area contributed by atoms with Crippen molar-refractivity contribution < 1.29 is 14.7 Å². The van der Waals surface area contributed by atoms with Crippen LogP contribution in [0.5, 0.6) is 0 Å². The van der Waals surface area contributed by atoms with Gasteiger partial charge in [0, 0.05) is 12.2 Å². The van der Waals surface area contributed by atoms with Gasteiger partial charge in [-0.15, -0.1) is 0 Å². The van der Waals surface area contributed by atoms with Crippen molar-refractivity contribution in [2.24, 2.45) is 5.73 Å². The highest BCUT2D eigenvalue weighted by Gasteiger charge is 2.38. The second kappa shape index (κ2) is 6.14. The fraction of sp³-hybridized carbons (Fsp3) is 0.467. The monoisotopic (exact) mass is 325 g/mol. The summed E-state index contributed by atoms with van der Waals surface area (Å²) in [5, 5.41) is 13.1. The van der Waals surface area contributed by atoms with Gasteiger partial charge in [-0.3, -0.25) is 4.79 Å². The first-order valence-electron chi connectivity index (χ1n) is 7.09. The number of urea groups is 1. The summed E-state index contributed by atoms with van der Waals surface area (Å²) in [5.41, 5.74) is 4.91. The maximum atomic E-state index is 12.4. The molecule has 0 aromatic heterocycles. The Morgan fingerprint density at radius 2 is 2.14 bits per heavy atom. The van der Waals surface area contributed by atoms with Crippen LogP contribution in [0.3, 0.4) is 0 Å². The number of halogens is 1. The van der Waals surface area contributed by atoms with Gasteiger partial charge in [0.15, 0.2) is 0 Å². The molecule has 1 aliphatic rings. The molecular formula is C15H20ClN3O3. The molecule has 0 aliphatic carbocycles. The van der Waals surface area contributed by atoms with E-state index < -0.39 is 11.5 Å². The van der Waals surface area contributed by atoms with Gasteiger partial charge in [0.05, 0.1) is 22.2 Å². The highest BCUT2D eigenvalue weighted by Crippen LogP contribution is 2.28. The molecule has 22 heavy (non-hydrogen) atoms. The summed E-state index contributed by atoms with van der Waals surface area (Å²) >= 11 is 5.96. The van der Waals surface area contributed by atoms with Crippen LogP contribution in [0, 0.1) is 0 Å². The first-order valence-corrected chi connectivity index (χ1v) is 7.47. The van der Waals surface area contributed by atoms with Crippen LogP contribution in [0.4, 0.5) is 10.5 Å². The SMILES string of the molecule is CC(C)(O)C1CCCN1C(=O)Nc1ccc(C(N)=O)c(Cl)c1. The number of hydrogen-bond donors (Lipinski definition) is 3. The molecule has 7 heteroatoms. The largest absolute Gasteiger partial charge is 0.388 e. The van der Waals surface area contributed by atoms with E-state index in [0.29, 0.717) is 12.2 Å². The van der Waals surface area contributed by atoms with Crippen molar-refractivity contribution in [2.45, 2.75) is 38.3 Å². The molecule has 120 valence electrons. The number of anilines is 1. The van der Waals surface area contributed by atoms with Gasteiger partial charge in [-0.2, -0.15) is 0 Å². The molecule has 1 heterocycles. The minimum atomic E-state index is -0.957. The van der Waals surface area contributed by atoms with Gasteiger partial charge in [-0.1, -0.05) is 11.6 Å². The van der Waals surface area contributed by atoms with Gasteiger partial charge in [0.25, 0.3) is 0 Å². The number of aliphatic hydroxyl groups is 1. The number of amides is 3. The molecule has 1 saturated heterocycles. The smallest absolute Gasteiger partial charge is 0.322 e. The summed E-state index contributed by atoms with van der Waals surface area (Å²) < 4.78 is 0. The van der Waals surface area contributed by atoms with Crippen LogP contribution < -0.4 is 11.1 Å². The number of primary amides is 1. The number of rotatable bonds is 3. The Bertz CT molecular complexity index is 598. The van der Waals surface area contributed by atoms with Crippen LogP contribution in [0.2, 0.25) is 5.02 Å². The average Bonchev–Trinajstić information content (AvgIpc) is 2.87. The van der Waals surface area contributed by atoms with Gasteiger partial charge >= 0.3 is 6.03 Å². The van der Waals surface area contributed by atoms with E-state index >= 15 is 0 Å². The first kappa shape index (κ1) is 16.6. The molecule has 1 aromatic rings. The van der Waals surface area contributed by atoms with Crippen LogP contribution in [-0.2, 0) is 0 Å². The highest BCUT2D eigenvalue weighted by molar-refractivity contribution is 6.34. The van der Waals surface area contributed by atoms with E-state index in [4.69, 9.17) is 17.3 Å². The fourth-order valence-corrected chi connectivity index (χ4v) is 3.01. The van der Waals surface area contributed by atoms with E-state index in [1.807, 2.05) is 0 Å². The molecule has 6 nitrogen and oxygen atoms in total. The second-order valence-electron chi connectivity index (χ2n) is 5.99. The number of benzene rings is 1. The lowest BCUT2D eigenvalue weighted by molar-refractivity contribution is 0.0117. The van der Waals surface area contributed by atoms with Crippen LogP contribution in [0.25, 0.3) is 0 Å². The molecule has 1 aromatic carbocycles. The summed E-state index contributed by atoms with van der Waals surface area (Å²) in [5.74, 6) is -0.621. The number of nitrogens with two attached hydrogens (primary N) is 1. The topological polar surface area (TPSA) is 95.7 Å². The number of nitrogens with one attached hydrogen (secondary N) is 1. The van der Waals surface area contributed by atoms with Gasteiger partial charge in [-0.25, -0.2) is 4.79 Å². The Labute approximate surface area is 134 Å². The van der Waals surface area contributed by atoms with Crippen LogP contribution in [0.15, 0.2) is 18.2 Å². The predicted molar refractivity (Wildman–Crippen MR) is 85.0 cm³/mol. The quantitative estimate of drug-likeness (QED) is 0.795. The molecule has 4 N–H and O–H groups in total. The zero-order valence-corrected chi connectivity index (χ0v) is 13.4. The molecule has 3 amide bonds. The third-order valence-corrected chi connectivity index (χ3v) is 4.13. The first-order chi connectivity index (χ1) is 10.2. The second-order valence-corrected chi connectivity index (χ2v) is 6.40. The number of nitrogens with zero attached hydrogens (tertiary/aromatic N) is 1. The summed E-state index contributed by atoms with van der Waals surface area (Å²) in [4.78, 5) is 25.1. The molecular weight excluding hydrogens is 306 g/mol. The van der Waals surface area contributed by atoms with E-state index in [1.54, 1.807) is 24.8 Å². The fourth-order valence-electron chi connectivity index (χ4n) is 2.73. The normalized spacial score (nSPS) is 18.4. The third kappa shape index (κ3) is 3.51. The lowest BCUT2D eigenvalue weighted by atomic mass is 9.97. The Kier molecular flexibility index (Phi) is 4.63. The maximum Gasteiger partial charge on any atom is 0.322 e. The van der Waals surface area contributed by atoms with Crippen LogP contribution >= 0.6 is 11.6 Å². The summed E-state index contributed by atoms with van der Waals surface area (Å²) in [6.45, 7) is 3.98. The zero-order chi connectivity index (χ0) is 16.5. The van der Waals surface area contributed by atoms with E-state index in [2.05, 4.69) is 5.32 Å². The van der Waals surface area contributed by atoms with Crippen molar-refractivity contribution >= 4 is 29.2 Å². The average molecular weight is 326 g/mol. The number of hydrogen-bond acceptors (Lipinski definition) is 3. The molecule has 1 fully saturated rings. The van der Waals surface area contributed by atoms with E-state index in [0.717, 1.165) is 12.8 Å². The van der Waals surface area contributed by atoms with E-state index in [1.165, 1.54) is 12.1 Å². The van der Waals surface area contributed by atoms with Crippen LogP contribution in [-0.4, -0.2) is 40.1 Å². The standard InChI is InChI=1S/C15H20ClN3O3/c1-15(2,22)12-4-3-7-19(12)14(21)18-9-5-6-10(13(17)20)11(16)8-9/h5-6,8,12,22H,3-4,7H2,1-2H3,(H2,17,20)(H,18,21). The Hall–Kier alpha value is -1.79. The number of carbonyl (C=O) groups excluding carboxylic acids is 2. The van der Waals surface area contributed by atoms with Crippen LogP contribution in [0.1, 0.15) is 37.0 Å². The summed E-state index contributed by atoms with van der Waals surface area (Å²) in [6.07, 6.45) is 1.61. The van der Waals surface area contributed by atoms with E-state index in [-0.39, 0.29) is 22.7 Å². The lowest BCUT2D eigenvalue weighted by Gasteiger charge is -2.33. The predicted octanol–water partition coefficient (Wildman–Crippen LogP) is 2.21. The van der Waals surface area contributed by atoms with Crippen molar-refractivity contribution in [3.05, 3.63) is 28.8 Å². The van der Waals surface area contributed by atoms with Gasteiger partial charge in [-0.05, 0) is 44.9 Å². The molecule has 1 unspecified atom stereocenters. The number of carbonyl (C=O) groups is 2. The van der Waals surface area contributed by atoms with Gasteiger partial charge in [0.2, 0.25) is 5.91 Å². The summed E-state index contributed by atoms with van der Waals surface area (Å²) in [7, 11) is 0. The molecule has 1 atom stereocenters. The Balaban J connectivity index is 2.12. The van der Waals surface area contributed by atoms with Gasteiger partial charge in [0.1, 0.15) is 0 Å². The maximum absolute atomic E-state index is 12.4. The molecule has 0 bridgehead atoms. The lowest BCUT2D eigenvalue weighted by Crippen LogP contribution is -2.49. The molecule has 0 radical (unpaired) electrons. The van der Waals surface area contributed by atoms with Crippen molar-refractivity contribution in [1.82, 2.24) is 4.90 Å². The van der Waals surface area contributed by atoms with Gasteiger partial charge < -0.3 is 21.1 Å². The van der Waals surface area contributed by atoms with Crippen molar-refractivity contribution in [1.29, 1.82) is 0 Å². The minimum Gasteiger partial charge on any atom is -0.388 e. The van der Waals surface area contributed by atoms with Crippen molar-refractivity contribution in [3.8, 4) is 0 Å². The summed E-state index contributed by atoms with van der Waals surface area (Å²) in [6, 6.07) is 3.99. The Morgan fingerprint density at radius 1 is 1.45 bits per heavy atom. The molecule has 0 saturated carbocycles. The zero-order valence-electron chi connectivity index (χ0n) is 12.6. The highest BCUT2D eigenvalue weighted by atomic mass is 35.5. The third-order valence-electron chi connectivity index (χ3n) is 3.81. The van der Waals surface area contributed by atoms with Crippen molar-refractivity contribution in [3.63, 3.8) is 0 Å². The molecule has 1 aliphatic heterocycles. The molecule has 0 spiro atoms. The van der Waals surface area contributed by atoms with E-state index in [9.17, 15) is 14.7 Å². The van der Waals surface area contributed by atoms with Crippen molar-refractivity contribution in [2.75, 3.05) is 11.9 Å². The minimum absolute atomic E-state index is 0.186.